The molecule has 2 N–H and O–H groups in total. The highest BCUT2D eigenvalue weighted by Gasteiger charge is 2.24. The van der Waals surface area contributed by atoms with Gasteiger partial charge < -0.3 is 4.90 Å². The number of anilines is 1. The van der Waals surface area contributed by atoms with Gasteiger partial charge in [0.1, 0.15) is 10.6 Å². The van der Waals surface area contributed by atoms with Crippen LogP contribution in [0.3, 0.4) is 0 Å². The Morgan fingerprint density at radius 3 is 2.44 bits per heavy atom. The number of aromatic nitrogens is 1. The van der Waals surface area contributed by atoms with E-state index in [0.717, 1.165) is 22.9 Å². The molecule has 2 aromatic carbocycles. The van der Waals surface area contributed by atoms with E-state index >= 15 is 0 Å². The number of hydrogen-bond donors (Lipinski definition) is 1. The van der Waals surface area contributed by atoms with Crippen LogP contribution in [0.4, 0.5) is 10.8 Å². The minimum Gasteiger partial charge on any atom is -0.349 e. The zero-order valence-corrected chi connectivity index (χ0v) is 15.6. The fourth-order valence-electron chi connectivity index (χ4n) is 2.60. The van der Waals surface area contributed by atoms with Crippen LogP contribution in [0.5, 0.6) is 0 Å². The van der Waals surface area contributed by atoms with E-state index in [4.69, 9.17) is 5.53 Å². The van der Waals surface area contributed by atoms with Crippen molar-refractivity contribution in [2.75, 3.05) is 18.0 Å². The monoisotopic (exact) mass is 375 g/mol. The van der Waals surface area contributed by atoms with Crippen molar-refractivity contribution in [1.82, 2.24) is 4.98 Å². The van der Waals surface area contributed by atoms with Crippen LogP contribution in [0.1, 0.15) is 13.8 Å². The predicted molar refractivity (Wildman–Crippen MR) is 99.1 cm³/mol. The summed E-state index contributed by atoms with van der Waals surface area (Å²) in [5.74, 6) is 0. The maximum absolute atomic E-state index is 13.0. The molecule has 1 heterocycles. The fraction of sp³-hybridized carbons (Fsp3) is 0.235. The molecule has 0 saturated carbocycles. The first kappa shape index (κ1) is 17.5. The Kier molecular flexibility index (Phi) is 4.82. The van der Waals surface area contributed by atoms with Crippen molar-refractivity contribution < 1.29 is 13.9 Å². The minimum absolute atomic E-state index is 0.0742. The van der Waals surface area contributed by atoms with Gasteiger partial charge in [-0.1, -0.05) is 29.5 Å². The van der Waals surface area contributed by atoms with E-state index in [1.165, 1.54) is 11.3 Å². The Bertz CT molecular complexity index is 1010. The number of hydrogen-bond acceptors (Lipinski definition) is 6. The first-order valence-corrected chi connectivity index (χ1v) is 10.2. The van der Waals surface area contributed by atoms with Gasteiger partial charge in [0.25, 0.3) is 0 Å². The maximum atomic E-state index is 13.0. The number of nitrogens with zero attached hydrogens (tertiary/aromatic N) is 3. The van der Waals surface area contributed by atoms with Crippen molar-refractivity contribution >= 4 is 42.2 Å². The van der Waals surface area contributed by atoms with Crippen molar-refractivity contribution in [1.29, 1.82) is 0 Å². The largest absolute Gasteiger partial charge is 0.349 e. The van der Waals surface area contributed by atoms with Gasteiger partial charge in [-0.25, -0.2) is 13.4 Å². The Balaban J connectivity index is 2.20. The first-order valence-electron chi connectivity index (χ1n) is 7.91. The van der Waals surface area contributed by atoms with Crippen molar-refractivity contribution in [3.05, 3.63) is 42.5 Å². The zero-order valence-electron chi connectivity index (χ0n) is 14.0. The molecule has 0 saturated heterocycles. The van der Waals surface area contributed by atoms with Gasteiger partial charge in [-0.2, -0.15) is 5.53 Å². The van der Waals surface area contributed by atoms with E-state index in [1.54, 1.807) is 42.5 Å². The maximum Gasteiger partial charge on any atom is 0.209 e. The summed E-state index contributed by atoms with van der Waals surface area (Å²) in [6, 6.07) is 11.5. The van der Waals surface area contributed by atoms with E-state index in [1.807, 2.05) is 0 Å². The van der Waals surface area contributed by atoms with Crippen LogP contribution < -0.4 is 10.4 Å². The number of benzene rings is 2. The van der Waals surface area contributed by atoms with Gasteiger partial charge in [0.15, 0.2) is 5.13 Å². The summed E-state index contributed by atoms with van der Waals surface area (Å²) in [6.45, 7) is 5.78. The lowest BCUT2D eigenvalue weighted by atomic mass is 10.3. The van der Waals surface area contributed by atoms with Gasteiger partial charge in [-0.05, 0) is 43.2 Å². The van der Waals surface area contributed by atoms with Crippen molar-refractivity contribution in [2.24, 2.45) is 5.11 Å². The molecule has 0 unspecified atom stereocenters. The van der Waals surface area contributed by atoms with E-state index in [9.17, 15) is 8.42 Å². The number of nitrogens with two attached hydrogens (primary N) is 1. The van der Waals surface area contributed by atoms with Crippen LogP contribution in [0, 0.1) is 0 Å². The Labute approximate surface area is 150 Å². The Hall–Kier alpha value is -2.32. The average Bonchev–Trinajstić information content (AvgIpc) is 3.05. The van der Waals surface area contributed by atoms with Gasteiger partial charge in [0.05, 0.1) is 15.1 Å². The molecule has 3 aromatic rings. The highest BCUT2D eigenvalue weighted by molar-refractivity contribution is 7.91. The zero-order chi connectivity index (χ0) is 18.0. The van der Waals surface area contributed by atoms with Gasteiger partial charge in [-0.3, -0.25) is 0 Å². The molecule has 0 atom stereocenters. The number of rotatable bonds is 6. The first-order chi connectivity index (χ1) is 12.0. The molecule has 0 amide bonds. The summed E-state index contributed by atoms with van der Waals surface area (Å²) in [4.78, 5) is 7.00. The molecule has 0 fully saturated rings. The molecule has 0 aliphatic rings. The molecule has 25 heavy (non-hydrogen) atoms. The van der Waals surface area contributed by atoms with Crippen LogP contribution in [0.15, 0.2) is 57.4 Å². The lowest BCUT2D eigenvalue weighted by Gasteiger charge is -2.16. The molecule has 0 bridgehead atoms. The van der Waals surface area contributed by atoms with E-state index < -0.39 is 9.84 Å². The summed E-state index contributed by atoms with van der Waals surface area (Å²) in [5, 5.41) is 4.55. The van der Waals surface area contributed by atoms with Crippen LogP contribution in [0.2, 0.25) is 0 Å². The molecule has 1 aromatic heterocycles. The molecule has 0 spiro atoms. The summed E-state index contributed by atoms with van der Waals surface area (Å²) in [5.41, 5.74) is 6.34. The van der Waals surface area contributed by atoms with Crippen LogP contribution in [-0.2, 0) is 9.84 Å². The van der Waals surface area contributed by atoms with Gasteiger partial charge in [0, 0.05) is 13.1 Å². The third-order valence-corrected chi connectivity index (χ3v) is 6.85. The van der Waals surface area contributed by atoms with Crippen molar-refractivity contribution in [2.45, 2.75) is 23.6 Å². The number of fused-ring (bicyclic) bond motifs is 1. The second-order valence-corrected chi connectivity index (χ2v) is 8.33. The second kappa shape index (κ2) is 6.89. The topological polar surface area (TPSA) is 88.2 Å². The normalized spacial score (nSPS) is 11.6. The number of sulfone groups is 1. The predicted octanol–water partition coefficient (Wildman–Crippen LogP) is 2.82. The van der Waals surface area contributed by atoms with Gasteiger partial charge in [0.2, 0.25) is 9.84 Å². The van der Waals surface area contributed by atoms with Gasteiger partial charge >= 0.3 is 0 Å². The summed E-state index contributed by atoms with van der Waals surface area (Å²) in [7, 11) is -3.72. The average molecular weight is 375 g/mol. The van der Waals surface area contributed by atoms with Crippen LogP contribution >= 0.6 is 11.3 Å². The number of thiazole rings is 1. The lowest BCUT2D eigenvalue weighted by Crippen LogP contribution is -2.22. The highest BCUT2D eigenvalue weighted by Crippen LogP contribution is 2.37. The minimum atomic E-state index is -3.72. The standard InChI is InChI=1S/C17H18N4O2S2/c1-3-21(4-2)17-19-13-11-16(14(20-18)10-15(13)24-17)25(22,23)12-8-6-5-7-9-12/h5-11,18H,3-4H2,1-2H3/p+1. The van der Waals surface area contributed by atoms with E-state index in [2.05, 4.69) is 28.8 Å². The molecule has 8 heteroatoms. The molecular formula is C17H19N4O2S2+. The SMILES string of the molecule is CCN(CC)c1nc2cc(S(=O)(=O)c3ccccc3)c(N=[NH2+])cc2s1. The molecule has 0 radical (unpaired) electrons. The van der Waals surface area contributed by atoms with Crippen LogP contribution in [-0.4, -0.2) is 26.5 Å². The Morgan fingerprint density at radius 1 is 1.16 bits per heavy atom. The van der Waals surface area contributed by atoms with Gasteiger partial charge in [-0.15, -0.1) is 0 Å². The molecule has 130 valence electrons. The third-order valence-electron chi connectivity index (χ3n) is 3.97. The molecule has 3 rings (SSSR count). The summed E-state index contributed by atoms with van der Waals surface area (Å²) in [6.07, 6.45) is 0. The van der Waals surface area contributed by atoms with Crippen LogP contribution in [0.25, 0.3) is 10.2 Å². The lowest BCUT2D eigenvalue weighted by molar-refractivity contribution is -0.210. The van der Waals surface area contributed by atoms with E-state index in [0.29, 0.717) is 5.52 Å². The second-order valence-electron chi connectivity index (χ2n) is 5.40. The third kappa shape index (κ3) is 3.14. The van der Waals surface area contributed by atoms with Crippen molar-refractivity contribution in [3.8, 4) is 0 Å². The van der Waals surface area contributed by atoms with E-state index in [-0.39, 0.29) is 15.5 Å². The molecular weight excluding hydrogens is 356 g/mol. The summed E-state index contributed by atoms with van der Waals surface area (Å²) < 4.78 is 26.8. The Morgan fingerprint density at radius 2 is 1.84 bits per heavy atom. The van der Waals surface area contributed by atoms with Crippen molar-refractivity contribution in [3.63, 3.8) is 0 Å². The fourth-order valence-corrected chi connectivity index (χ4v) is 5.13. The smallest absolute Gasteiger partial charge is 0.209 e. The highest BCUT2D eigenvalue weighted by atomic mass is 32.2. The molecule has 6 nitrogen and oxygen atoms in total. The molecule has 0 aliphatic carbocycles. The summed E-state index contributed by atoms with van der Waals surface area (Å²) >= 11 is 1.50. The quantitative estimate of drug-likeness (QED) is 0.671. The molecule has 0 aliphatic heterocycles.